The van der Waals surface area contributed by atoms with Crippen LogP contribution in [-0.4, -0.2) is 28.1 Å². The van der Waals surface area contributed by atoms with Crippen molar-refractivity contribution >= 4 is 22.2 Å². The fourth-order valence-electron chi connectivity index (χ4n) is 3.52. The molecule has 2 unspecified atom stereocenters. The van der Waals surface area contributed by atoms with Gasteiger partial charge in [-0.05, 0) is 36.4 Å². The molecule has 1 aromatic carbocycles. The van der Waals surface area contributed by atoms with Crippen LogP contribution in [0.3, 0.4) is 0 Å². The van der Waals surface area contributed by atoms with E-state index >= 15 is 0 Å². The van der Waals surface area contributed by atoms with Crippen LogP contribution in [0.5, 0.6) is 0 Å². The predicted octanol–water partition coefficient (Wildman–Crippen LogP) is 3.88. The quantitative estimate of drug-likeness (QED) is 0.770. The number of aromatic amines is 1. The lowest BCUT2D eigenvalue weighted by molar-refractivity contribution is 0.0878. The van der Waals surface area contributed by atoms with E-state index in [9.17, 15) is 5.11 Å². The van der Waals surface area contributed by atoms with E-state index in [0.29, 0.717) is 12.6 Å². The molecule has 2 N–H and O–H groups in total. The van der Waals surface area contributed by atoms with E-state index in [0.717, 1.165) is 17.8 Å². The number of fused-ring (bicyclic) bond motifs is 3. The zero-order valence-electron chi connectivity index (χ0n) is 12.6. The van der Waals surface area contributed by atoms with Crippen LogP contribution >= 0.6 is 11.3 Å². The summed E-state index contributed by atoms with van der Waals surface area (Å²) >= 11 is 1.63. The zero-order valence-corrected chi connectivity index (χ0v) is 13.4. The lowest BCUT2D eigenvalue weighted by Gasteiger charge is -2.34. The van der Waals surface area contributed by atoms with E-state index in [2.05, 4.69) is 41.1 Å². The van der Waals surface area contributed by atoms with Crippen molar-refractivity contribution in [3.8, 4) is 0 Å². The molecule has 114 valence electrons. The SMILES string of the molecule is CC1c2[nH]c3ccccc3c2CCN1CC(O)c1cccs1. The van der Waals surface area contributed by atoms with Crippen molar-refractivity contribution < 1.29 is 5.11 Å². The second-order valence-electron chi connectivity index (χ2n) is 6.01. The molecule has 0 fully saturated rings. The van der Waals surface area contributed by atoms with Crippen LogP contribution in [0.1, 0.15) is 35.2 Å². The first-order valence-corrected chi connectivity index (χ1v) is 8.67. The summed E-state index contributed by atoms with van der Waals surface area (Å²) in [5, 5.41) is 13.8. The number of β-amino-alcohol motifs (C(OH)–C–C–N with tert-alkyl or cyclic N) is 1. The number of hydrogen-bond acceptors (Lipinski definition) is 3. The molecule has 2 aromatic heterocycles. The van der Waals surface area contributed by atoms with E-state index in [1.54, 1.807) is 11.3 Å². The van der Waals surface area contributed by atoms with E-state index in [1.165, 1.54) is 22.2 Å². The van der Waals surface area contributed by atoms with E-state index in [-0.39, 0.29) is 0 Å². The van der Waals surface area contributed by atoms with Gasteiger partial charge in [-0.1, -0.05) is 24.3 Å². The third kappa shape index (κ3) is 2.28. The van der Waals surface area contributed by atoms with Crippen LogP contribution in [-0.2, 0) is 6.42 Å². The minimum absolute atomic E-state index is 0.311. The summed E-state index contributed by atoms with van der Waals surface area (Å²) in [6.45, 7) is 3.92. The lowest BCUT2D eigenvalue weighted by atomic mass is 9.98. The molecule has 0 saturated heterocycles. The van der Waals surface area contributed by atoms with Gasteiger partial charge in [0.2, 0.25) is 0 Å². The Morgan fingerprint density at radius 1 is 1.32 bits per heavy atom. The van der Waals surface area contributed by atoms with Gasteiger partial charge in [0.15, 0.2) is 0 Å². The average molecular weight is 312 g/mol. The standard InChI is InChI=1S/C18H20N2OS/c1-12-18-14(13-5-2-3-6-15(13)19-18)8-9-20(12)11-16(21)17-7-4-10-22-17/h2-7,10,12,16,19,21H,8-9,11H2,1H3. The van der Waals surface area contributed by atoms with Gasteiger partial charge in [0.1, 0.15) is 6.10 Å². The molecular weight excluding hydrogens is 292 g/mol. The van der Waals surface area contributed by atoms with Gasteiger partial charge in [0.25, 0.3) is 0 Å². The van der Waals surface area contributed by atoms with E-state index in [4.69, 9.17) is 0 Å². The maximum Gasteiger partial charge on any atom is 0.101 e. The van der Waals surface area contributed by atoms with Gasteiger partial charge in [0, 0.05) is 40.6 Å². The number of aliphatic hydroxyl groups excluding tert-OH is 1. The Labute approximate surface area is 134 Å². The summed E-state index contributed by atoms with van der Waals surface area (Å²) in [6, 6.07) is 12.8. The van der Waals surface area contributed by atoms with Crippen LogP contribution in [0.15, 0.2) is 41.8 Å². The van der Waals surface area contributed by atoms with Crippen LogP contribution in [0.4, 0.5) is 0 Å². The Morgan fingerprint density at radius 3 is 3.00 bits per heavy atom. The van der Waals surface area contributed by atoms with Crippen molar-refractivity contribution in [3.63, 3.8) is 0 Å². The number of rotatable bonds is 3. The van der Waals surface area contributed by atoms with Gasteiger partial charge in [-0.2, -0.15) is 0 Å². The number of nitrogens with zero attached hydrogens (tertiary/aromatic N) is 1. The molecule has 4 heteroatoms. The number of H-pyrrole nitrogens is 1. The molecule has 4 rings (SSSR count). The highest BCUT2D eigenvalue weighted by molar-refractivity contribution is 7.10. The average Bonchev–Trinajstić information content (AvgIpc) is 3.17. The Kier molecular flexibility index (Phi) is 3.53. The second kappa shape index (κ2) is 5.54. The highest BCUT2D eigenvalue weighted by Crippen LogP contribution is 2.35. The van der Waals surface area contributed by atoms with Crippen molar-refractivity contribution in [2.24, 2.45) is 0 Å². The van der Waals surface area contributed by atoms with Crippen LogP contribution in [0.2, 0.25) is 0 Å². The number of aliphatic hydroxyl groups is 1. The highest BCUT2D eigenvalue weighted by atomic mass is 32.1. The summed E-state index contributed by atoms with van der Waals surface area (Å²) < 4.78 is 0. The zero-order chi connectivity index (χ0) is 15.1. The van der Waals surface area contributed by atoms with Crippen molar-refractivity contribution in [2.45, 2.75) is 25.5 Å². The number of hydrogen-bond donors (Lipinski definition) is 2. The Bertz CT molecular complexity index is 778. The van der Waals surface area contributed by atoms with Crippen molar-refractivity contribution in [2.75, 3.05) is 13.1 Å². The maximum absolute atomic E-state index is 10.4. The molecule has 0 amide bonds. The minimum Gasteiger partial charge on any atom is -0.386 e. The normalized spacial score (nSPS) is 20.2. The summed E-state index contributed by atoms with van der Waals surface area (Å²) in [6.07, 6.45) is 0.647. The number of aromatic nitrogens is 1. The third-order valence-corrected chi connectivity index (χ3v) is 5.71. The van der Waals surface area contributed by atoms with Gasteiger partial charge in [0.05, 0.1) is 0 Å². The Morgan fingerprint density at radius 2 is 2.18 bits per heavy atom. The molecule has 0 spiro atoms. The highest BCUT2D eigenvalue weighted by Gasteiger charge is 2.28. The van der Waals surface area contributed by atoms with Gasteiger partial charge >= 0.3 is 0 Å². The van der Waals surface area contributed by atoms with Crippen LogP contribution in [0, 0.1) is 0 Å². The molecule has 1 aliphatic heterocycles. The van der Waals surface area contributed by atoms with E-state index in [1.807, 2.05) is 17.5 Å². The fraction of sp³-hybridized carbons (Fsp3) is 0.333. The third-order valence-electron chi connectivity index (χ3n) is 4.74. The van der Waals surface area contributed by atoms with Gasteiger partial charge in [-0.15, -0.1) is 11.3 Å². The largest absolute Gasteiger partial charge is 0.386 e. The molecule has 0 aliphatic carbocycles. The summed E-state index contributed by atoms with van der Waals surface area (Å²) in [5.74, 6) is 0. The number of benzene rings is 1. The maximum atomic E-state index is 10.4. The van der Waals surface area contributed by atoms with Crippen LogP contribution < -0.4 is 0 Å². The van der Waals surface area contributed by atoms with Crippen molar-refractivity contribution in [3.05, 3.63) is 57.9 Å². The molecule has 22 heavy (non-hydrogen) atoms. The second-order valence-corrected chi connectivity index (χ2v) is 6.99. The van der Waals surface area contributed by atoms with Gasteiger partial charge in [-0.3, -0.25) is 4.90 Å². The van der Waals surface area contributed by atoms with Crippen molar-refractivity contribution in [1.82, 2.24) is 9.88 Å². The number of nitrogens with one attached hydrogen (secondary N) is 1. The Balaban J connectivity index is 1.60. The molecule has 3 heterocycles. The molecule has 0 saturated carbocycles. The number of para-hydroxylation sites is 1. The fourth-order valence-corrected chi connectivity index (χ4v) is 4.22. The molecular formula is C18H20N2OS. The van der Waals surface area contributed by atoms with Crippen molar-refractivity contribution in [1.29, 1.82) is 0 Å². The van der Waals surface area contributed by atoms with Crippen LogP contribution in [0.25, 0.3) is 10.9 Å². The summed E-state index contributed by atoms with van der Waals surface area (Å²) in [5.41, 5.74) is 3.98. The first-order chi connectivity index (χ1) is 10.7. The topological polar surface area (TPSA) is 39.3 Å². The molecule has 2 atom stereocenters. The molecule has 3 aromatic rings. The first kappa shape index (κ1) is 14.0. The first-order valence-electron chi connectivity index (χ1n) is 7.79. The summed E-state index contributed by atoms with van der Waals surface area (Å²) in [7, 11) is 0. The molecule has 0 radical (unpaired) electrons. The van der Waals surface area contributed by atoms with Gasteiger partial charge in [-0.25, -0.2) is 0 Å². The Hall–Kier alpha value is -1.62. The molecule has 0 bridgehead atoms. The number of thiophene rings is 1. The van der Waals surface area contributed by atoms with E-state index < -0.39 is 6.10 Å². The predicted molar refractivity (Wildman–Crippen MR) is 91.3 cm³/mol. The molecule has 1 aliphatic rings. The smallest absolute Gasteiger partial charge is 0.101 e. The minimum atomic E-state index is -0.395. The molecule has 3 nitrogen and oxygen atoms in total. The monoisotopic (exact) mass is 312 g/mol. The summed E-state index contributed by atoms with van der Waals surface area (Å²) in [4.78, 5) is 7.01. The lowest BCUT2D eigenvalue weighted by Crippen LogP contribution is -2.36. The van der Waals surface area contributed by atoms with Gasteiger partial charge < -0.3 is 10.1 Å².